The van der Waals surface area contributed by atoms with Gasteiger partial charge >= 0.3 is 13.3 Å². The molecule has 3 rings (SSSR count). The van der Waals surface area contributed by atoms with Gasteiger partial charge in [-0.2, -0.15) is 0 Å². The van der Waals surface area contributed by atoms with Crippen molar-refractivity contribution in [2.75, 3.05) is 28.2 Å². The number of aliphatic hydroxyl groups excluding tert-OH is 1. The quantitative estimate of drug-likeness (QED) is 0.225. The molecule has 3 aromatic rings. The Hall–Kier alpha value is -2.33. The van der Waals surface area contributed by atoms with Gasteiger partial charge in [0.05, 0.1) is 39.2 Å². The van der Waals surface area contributed by atoms with Crippen molar-refractivity contribution in [3.05, 3.63) is 18.2 Å². The highest BCUT2D eigenvalue weighted by Crippen LogP contribution is 2.20. The number of hydrogen-bond acceptors (Lipinski definition) is 2. The van der Waals surface area contributed by atoms with E-state index in [4.69, 9.17) is 5.11 Å². The molecule has 22 heavy (non-hydrogen) atoms. The number of amidine groups is 1. The molecule has 0 fully saturated rings. The minimum absolute atomic E-state index is 0.269. The molecule has 0 aliphatic carbocycles. The van der Waals surface area contributed by atoms with Crippen molar-refractivity contribution in [3.63, 3.8) is 0 Å². The lowest BCUT2D eigenvalue weighted by Crippen LogP contribution is -2.28. The lowest BCUT2D eigenvalue weighted by Gasteiger charge is -2.01. The third kappa shape index (κ3) is 4.90. The maximum absolute atomic E-state index is 9.75. The van der Waals surface area contributed by atoms with Crippen LogP contribution in [0.5, 0.6) is 0 Å². The molecule has 4 bridgehead atoms. The molecule has 0 saturated carbocycles. The molecule has 0 amide bonds. The van der Waals surface area contributed by atoms with Gasteiger partial charge in [-0.3, -0.25) is 0 Å². The molecule has 0 saturated heterocycles. The van der Waals surface area contributed by atoms with Crippen molar-refractivity contribution in [1.82, 2.24) is 19.7 Å². The predicted molar refractivity (Wildman–Crippen MR) is 76.5 cm³/mol. The van der Waals surface area contributed by atoms with Crippen LogP contribution in [0.2, 0.25) is 0 Å². The zero-order chi connectivity index (χ0) is 17.1. The minimum atomic E-state index is -6.00. The number of benzene rings is 1. The summed E-state index contributed by atoms with van der Waals surface area (Å²) in [6.07, 6.45) is 0. The first-order valence-corrected chi connectivity index (χ1v) is 6.14. The van der Waals surface area contributed by atoms with Crippen molar-refractivity contribution in [1.29, 1.82) is 0 Å². The fourth-order valence-electron chi connectivity index (χ4n) is 1.63. The van der Waals surface area contributed by atoms with Crippen molar-refractivity contribution in [2.24, 2.45) is 0 Å². The van der Waals surface area contributed by atoms with E-state index in [1.807, 2.05) is 22.7 Å². The van der Waals surface area contributed by atoms with Gasteiger partial charge < -0.3 is 22.4 Å². The van der Waals surface area contributed by atoms with Crippen LogP contribution in [-0.2, 0) is 0 Å². The summed E-state index contributed by atoms with van der Waals surface area (Å²) < 4.78 is 42.5. The molecule has 1 N–H and O–H groups in total. The van der Waals surface area contributed by atoms with Gasteiger partial charge in [-0.15, -0.1) is 5.10 Å². The third-order valence-electron chi connectivity index (χ3n) is 2.47. The monoisotopic (exact) mass is 321 g/mol. The molecule has 0 aliphatic rings. The summed E-state index contributed by atoms with van der Waals surface area (Å²) in [4.78, 5) is 1.64. The Kier molecular flexibility index (Phi) is 5.34. The van der Waals surface area contributed by atoms with Gasteiger partial charge in [0, 0.05) is 0 Å². The van der Waals surface area contributed by atoms with E-state index in [0.29, 0.717) is 0 Å². The average molecular weight is 321 g/mol. The molecule has 0 atom stereocenters. The van der Waals surface area contributed by atoms with Gasteiger partial charge in [0.1, 0.15) is 5.52 Å². The third-order valence-corrected chi connectivity index (χ3v) is 2.47. The Labute approximate surface area is 124 Å². The molecule has 3 heterocycles. The van der Waals surface area contributed by atoms with E-state index in [9.17, 15) is 17.3 Å². The van der Waals surface area contributed by atoms with E-state index in [0.717, 1.165) is 16.6 Å². The topological polar surface area (TPSA) is 56.7 Å². The van der Waals surface area contributed by atoms with Crippen LogP contribution in [0.25, 0.3) is 16.6 Å². The fraction of sp³-hybridized carbons (Fsp3) is 0.364. The first-order valence-electron chi connectivity index (χ1n) is 6.14. The predicted octanol–water partition coefficient (Wildman–Crippen LogP) is 1.79. The van der Waals surface area contributed by atoms with E-state index in [1.54, 1.807) is 37.7 Å². The van der Waals surface area contributed by atoms with Crippen molar-refractivity contribution < 1.29 is 26.9 Å². The summed E-state index contributed by atoms with van der Waals surface area (Å²) >= 11 is 0. The molecule has 3 aromatic heterocycles. The van der Waals surface area contributed by atoms with Crippen LogP contribution in [0.3, 0.4) is 0 Å². The van der Waals surface area contributed by atoms with Crippen LogP contribution < -0.4 is 0 Å². The Bertz CT molecular complexity index is 676. The highest BCUT2D eigenvalue weighted by Gasteiger charge is 2.20. The second kappa shape index (κ2) is 6.63. The summed E-state index contributed by atoms with van der Waals surface area (Å²) in [6, 6.07) is 6.37. The molecule has 122 valence electrons. The van der Waals surface area contributed by atoms with Crippen LogP contribution >= 0.6 is 0 Å². The summed E-state index contributed by atoms with van der Waals surface area (Å²) in [7, 11) is 1.15. The van der Waals surface area contributed by atoms with Gasteiger partial charge in [0.15, 0.2) is 0 Å². The lowest BCUT2D eigenvalue weighted by atomic mass is 10.3. The van der Waals surface area contributed by atoms with Crippen molar-refractivity contribution in [2.45, 2.75) is 0 Å². The Morgan fingerprint density at radius 1 is 1.23 bits per heavy atom. The van der Waals surface area contributed by atoms with E-state index in [-0.39, 0.29) is 6.02 Å². The van der Waals surface area contributed by atoms with Crippen LogP contribution in [0.1, 0.15) is 0 Å². The van der Waals surface area contributed by atoms with Gasteiger partial charge in [-0.25, -0.2) is 14.0 Å². The molecular weight excluding hydrogens is 305 g/mol. The van der Waals surface area contributed by atoms with Crippen LogP contribution in [0, 0.1) is 0 Å². The zero-order valence-electron chi connectivity index (χ0n) is 12.5. The molecule has 0 radical (unpaired) electrons. The largest absolute Gasteiger partial charge is 0.673 e. The highest BCUT2D eigenvalue weighted by atomic mass is 19.5. The molecule has 0 spiro atoms. The fourth-order valence-corrected chi connectivity index (χ4v) is 1.63. The van der Waals surface area contributed by atoms with Gasteiger partial charge in [0.25, 0.3) is 0 Å². The lowest BCUT2D eigenvalue weighted by molar-refractivity contribution is -0.479. The number of halogens is 4. The first-order chi connectivity index (χ1) is 10.0. The van der Waals surface area contributed by atoms with Crippen molar-refractivity contribution >= 4 is 29.8 Å². The molecule has 0 aliphatic heterocycles. The number of hydrogen-bond donors (Lipinski definition) is 1. The second-order valence-corrected chi connectivity index (χ2v) is 4.76. The summed E-state index contributed by atoms with van der Waals surface area (Å²) in [6.45, 7) is 0. The van der Waals surface area contributed by atoms with Gasteiger partial charge in [-0.05, 0) is 18.2 Å². The maximum Gasteiger partial charge on any atom is 0.673 e. The first kappa shape index (κ1) is 17.7. The summed E-state index contributed by atoms with van der Waals surface area (Å²) in [5.74, 6) is 0. The highest BCUT2D eigenvalue weighted by molar-refractivity contribution is 6.50. The van der Waals surface area contributed by atoms with Crippen LogP contribution in [0.15, 0.2) is 18.2 Å². The SMILES string of the molecule is CN(C)C(O)=[N+](C)C.F[B-](F)(F)F.c1cc2c3cc1n2nn3. The summed E-state index contributed by atoms with van der Waals surface area (Å²) in [5.41, 5.74) is 3.28. The summed E-state index contributed by atoms with van der Waals surface area (Å²) in [5, 5.41) is 16.7. The van der Waals surface area contributed by atoms with Crippen molar-refractivity contribution in [3.8, 4) is 0 Å². The second-order valence-electron chi connectivity index (χ2n) is 4.76. The van der Waals surface area contributed by atoms with Crippen LogP contribution in [-0.4, -0.2) is 70.9 Å². The standard InChI is InChI=1S/C6H3N3.C5H12N2O.BF4/c1-2-6-5-3-4(1)9(6)8-7-5;1-6(2)5(8)7(3)4;2-1(3,4)5/h1-3H;1-4H3;/q;;-1/p+1. The normalized spacial score (nSPS) is 10.9. The molecule has 6 nitrogen and oxygen atoms in total. The number of nitrogens with zero attached hydrogens (tertiary/aromatic N) is 5. The Morgan fingerprint density at radius 3 is 2.00 bits per heavy atom. The maximum atomic E-state index is 9.75. The Morgan fingerprint density at radius 2 is 1.77 bits per heavy atom. The van der Waals surface area contributed by atoms with Gasteiger partial charge in [0.2, 0.25) is 0 Å². The molecule has 0 aromatic carbocycles. The minimum Gasteiger partial charge on any atom is -0.447 e. The van der Waals surface area contributed by atoms with Crippen LogP contribution in [0.4, 0.5) is 17.3 Å². The average Bonchev–Trinajstić information content (AvgIpc) is 3.04. The van der Waals surface area contributed by atoms with Gasteiger partial charge in [-0.1, -0.05) is 5.21 Å². The van der Waals surface area contributed by atoms with E-state index in [1.165, 1.54) is 0 Å². The van der Waals surface area contributed by atoms with E-state index >= 15 is 0 Å². The number of rotatable bonds is 0. The smallest absolute Gasteiger partial charge is 0.447 e. The Balaban J connectivity index is 0.000000174. The number of aromatic nitrogens is 3. The number of aliphatic hydroxyl groups is 1. The van der Waals surface area contributed by atoms with E-state index in [2.05, 4.69) is 10.3 Å². The molecular formula is C11H16BF4N5O. The molecule has 11 heteroatoms. The zero-order valence-corrected chi connectivity index (χ0v) is 12.5. The molecule has 0 unspecified atom stereocenters. The van der Waals surface area contributed by atoms with E-state index < -0.39 is 7.25 Å².